The molecule has 1 N–H and O–H groups in total. The Morgan fingerprint density at radius 1 is 1.17 bits per heavy atom. The quantitative estimate of drug-likeness (QED) is 0.728. The number of benzene rings is 2. The van der Waals surface area contributed by atoms with Crippen LogP contribution in [0.4, 0.5) is 14.5 Å². The maximum Gasteiger partial charge on any atom is 0.255 e. The lowest BCUT2D eigenvalue weighted by molar-refractivity contribution is 0.102. The van der Waals surface area contributed by atoms with Crippen molar-refractivity contribution < 1.29 is 13.6 Å². The Labute approximate surface area is 148 Å². The summed E-state index contributed by atoms with van der Waals surface area (Å²) in [6.45, 7) is 2.11. The van der Waals surface area contributed by atoms with Gasteiger partial charge in [0.1, 0.15) is 11.6 Å². The predicted octanol–water partition coefficient (Wildman–Crippen LogP) is 5.91. The number of amides is 1. The standard InChI is InChI=1S/C18H16ClF2NOS/c1-18(7-2-8-18)24-16-9-11(3-5-15(16)21)17(23)22-12-4-6-14(20)13(19)10-12/h3-6,9-10H,2,7-8H2,1H3,(H,22,23). The summed E-state index contributed by atoms with van der Waals surface area (Å²) in [7, 11) is 0. The third-order valence-electron chi connectivity index (χ3n) is 4.14. The number of nitrogens with one attached hydrogen (secondary N) is 1. The Hall–Kier alpha value is -1.59. The van der Waals surface area contributed by atoms with Gasteiger partial charge in [0.05, 0.1) is 5.02 Å². The van der Waals surface area contributed by atoms with Crippen LogP contribution in [0.3, 0.4) is 0 Å². The highest BCUT2D eigenvalue weighted by molar-refractivity contribution is 8.00. The van der Waals surface area contributed by atoms with Gasteiger partial charge in [0.15, 0.2) is 0 Å². The number of carbonyl (C=O) groups is 1. The van der Waals surface area contributed by atoms with Gasteiger partial charge in [0.25, 0.3) is 5.91 Å². The number of thioether (sulfide) groups is 1. The minimum absolute atomic E-state index is 0.0421. The van der Waals surface area contributed by atoms with Crippen LogP contribution in [0.15, 0.2) is 41.3 Å². The second kappa shape index (κ2) is 6.73. The van der Waals surface area contributed by atoms with E-state index in [1.54, 1.807) is 6.07 Å². The lowest BCUT2D eigenvalue weighted by Gasteiger charge is -2.37. The van der Waals surface area contributed by atoms with Crippen molar-refractivity contribution in [2.24, 2.45) is 0 Å². The molecule has 6 heteroatoms. The van der Waals surface area contributed by atoms with Crippen LogP contribution < -0.4 is 5.32 Å². The molecule has 0 saturated heterocycles. The molecule has 0 aromatic heterocycles. The number of carbonyl (C=O) groups excluding carboxylic acids is 1. The van der Waals surface area contributed by atoms with Gasteiger partial charge in [-0.05, 0) is 49.2 Å². The van der Waals surface area contributed by atoms with Gasteiger partial charge in [-0.1, -0.05) is 24.9 Å². The topological polar surface area (TPSA) is 29.1 Å². The van der Waals surface area contributed by atoms with Crippen LogP contribution in [0.25, 0.3) is 0 Å². The summed E-state index contributed by atoms with van der Waals surface area (Å²) in [5, 5.41) is 2.57. The Morgan fingerprint density at radius 3 is 2.50 bits per heavy atom. The molecule has 1 fully saturated rings. The summed E-state index contributed by atoms with van der Waals surface area (Å²) in [4.78, 5) is 12.8. The van der Waals surface area contributed by atoms with Crippen molar-refractivity contribution in [3.63, 3.8) is 0 Å². The molecule has 0 radical (unpaired) electrons. The minimum Gasteiger partial charge on any atom is -0.322 e. The number of halogens is 3. The zero-order valence-corrected chi connectivity index (χ0v) is 14.6. The zero-order valence-electron chi connectivity index (χ0n) is 13.0. The van der Waals surface area contributed by atoms with Gasteiger partial charge in [0, 0.05) is 20.9 Å². The number of rotatable bonds is 4. The van der Waals surface area contributed by atoms with E-state index in [4.69, 9.17) is 11.6 Å². The average molecular weight is 368 g/mol. The molecule has 0 aliphatic heterocycles. The molecule has 2 nitrogen and oxygen atoms in total. The highest BCUT2D eigenvalue weighted by Crippen LogP contribution is 2.47. The molecule has 2 aromatic carbocycles. The molecule has 0 heterocycles. The van der Waals surface area contributed by atoms with Crippen LogP contribution in [-0.2, 0) is 0 Å². The maximum atomic E-state index is 14.0. The van der Waals surface area contributed by atoms with E-state index in [1.165, 1.54) is 42.1 Å². The van der Waals surface area contributed by atoms with Crippen molar-refractivity contribution in [3.8, 4) is 0 Å². The van der Waals surface area contributed by atoms with Gasteiger partial charge >= 0.3 is 0 Å². The third kappa shape index (κ3) is 3.73. The first-order valence-electron chi connectivity index (χ1n) is 7.61. The molecule has 1 aliphatic rings. The van der Waals surface area contributed by atoms with Crippen LogP contribution in [-0.4, -0.2) is 10.7 Å². The van der Waals surface area contributed by atoms with E-state index in [0.29, 0.717) is 16.1 Å². The van der Waals surface area contributed by atoms with E-state index in [0.717, 1.165) is 19.3 Å². The Morgan fingerprint density at radius 2 is 1.88 bits per heavy atom. The van der Waals surface area contributed by atoms with E-state index in [1.807, 2.05) is 0 Å². The van der Waals surface area contributed by atoms with Crippen LogP contribution in [0.2, 0.25) is 5.02 Å². The maximum absolute atomic E-state index is 14.0. The minimum atomic E-state index is -0.552. The molecule has 2 aromatic rings. The van der Waals surface area contributed by atoms with Crippen molar-refractivity contribution >= 4 is 35.0 Å². The molecule has 0 bridgehead atoms. The third-order valence-corrected chi connectivity index (χ3v) is 5.86. The average Bonchev–Trinajstić information content (AvgIpc) is 2.51. The fourth-order valence-corrected chi connectivity index (χ4v) is 4.10. The first-order chi connectivity index (χ1) is 11.4. The lowest BCUT2D eigenvalue weighted by Crippen LogP contribution is -2.29. The fourth-order valence-electron chi connectivity index (χ4n) is 2.54. The summed E-state index contributed by atoms with van der Waals surface area (Å²) in [5.74, 6) is -1.27. The van der Waals surface area contributed by atoms with E-state index < -0.39 is 11.7 Å². The second-order valence-corrected chi connectivity index (χ2v) is 8.17. The van der Waals surface area contributed by atoms with Crippen molar-refractivity contribution in [2.45, 2.75) is 35.8 Å². The largest absolute Gasteiger partial charge is 0.322 e. The summed E-state index contributed by atoms with van der Waals surface area (Å²) in [5.41, 5.74) is 0.734. The zero-order chi connectivity index (χ0) is 17.3. The smallest absolute Gasteiger partial charge is 0.255 e. The summed E-state index contributed by atoms with van der Waals surface area (Å²) >= 11 is 7.18. The summed E-state index contributed by atoms with van der Waals surface area (Å²) in [6, 6.07) is 8.24. The highest BCUT2D eigenvalue weighted by Gasteiger charge is 2.33. The lowest BCUT2D eigenvalue weighted by atomic mass is 9.86. The summed E-state index contributed by atoms with van der Waals surface area (Å²) < 4.78 is 27.2. The van der Waals surface area contributed by atoms with Crippen LogP contribution in [0.5, 0.6) is 0 Å². The molecule has 1 aliphatic carbocycles. The van der Waals surface area contributed by atoms with Gasteiger partial charge < -0.3 is 5.32 Å². The molecular weight excluding hydrogens is 352 g/mol. The first-order valence-corrected chi connectivity index (χ1v) is 8.81. The molecular formula is C18H16ClF2NOS. The van der Waals surface area contributed by atoms with Gasteiger partial charge in [0.2, 0.25) is 0 Å². The molecule has 24 heavy (non-hydrogen) atoms. The molecule has 0 atom stereocenters. The SMILES string of the molecule is CC1(Sc2cc(C(=O)Nc3ccc(F)c(Cl)c3)ccc2F)CCC1. The highest BCUT2D eigenvalue weighted by atomic mass is 35.5. The van der Waals surface area contributed by atoms with E-state index in [9.17, 15) is 13.6 Å². The number of hydrogen-bond donors (Lipinski definition) is 1. The van der Waals surface area contributed by atoms with Crippen LogP contribution in [0.1, 0.15) is 36.5 Å². The Balaban J connectivity index is 1.78. The molecule has 126 valence electrons. The van der Waals surface area contributed by atoms with Gasteiger partial charge in [-0.15, -0.1) is 11.8 Å². The molecule has 1 saturated carbocycles. The molecule has 0 spiro atoms. The van der Waals surface area contributed by atoms with Crippen molar-refractivity contribution in [3.05, 3.63) is 58.6 Å². The predicted molar refractivity (Wildman–Crippen MR) is 93.9 cm³/mol. The molecule has 0 unspecified atom stereocenters. The summed E-state index contributed by atoms with van der Waals surface area (Å²) in [6.07, 6.45) is 3.24. The van der Waals surface area contributed by atoms with Crippen LogP contribution >= 0.6 is 23.4 Å². The monoisotopic (exact) mass is 367 g/mol. The Kier molecular flexibility index (Phi) is 4.83. The number of hydrogen-bond acceptors (Lipinski definition) is 2. The first kappa shape index (κ1) is 17.2. The molecule has 3 rings (SSSR count). The van der Waals surface area contributed by atoms with E-state index >= 15 is 0 Å². The van der Waals surface area contributed by atoms with Crippen molar-refractivity contribution in [1.29, 1.82) is 0 Å². The normalized spacial score (nSPS) is 15.7. The number of anilines is 1. The fraction of sp³-hybridized carbons (Fsp3) is 0.278. The van der Waals surface area contributed by atoms with Gasteiger partial charge in [-0.3, -0.25) is 4.79 Å². The Bertz CT molecular complexity index is 793. The van der Waals surface area contributed by atoms with E-state index in [2.05, 4.69) is 12.2 Å². The van der Waals surface area contributed by atoms with Crippen molar-refractivity contribution in [1.82, 2.24) is 0 Å². The molecule has 1 amide bonds. The van der Waals surface area contributed by atoms with Crippen molar-refractivity contribution in [2.75, 3.05) is 5.32 Å². The van der Waals surface area contributed by atoms with E-state index in [-0.39, 0.29) is 15.6 Å². The second-order valence-electron chi connectivity index (χ2n) is 6.13. The van der Waals surface area contributed by atoms with Crippen LogP contribution in [0, 0.1) is 11.6 Å². The van der Waals surface area contributed by atoms with Gasteiger partial charge in [-0.25, -0.2) is 8.78 Å². The van der Waals surface area contributed by atoms with Gasteiger partial charge in [-0.2, -0.15) is 0 Å².